The Morgan fingerprint density at radius 3 is 3.06 bits per heavy atom. The molecule has 0 bridgehead atoms. The molecule has 2 rings (SSSR count). The van der Waals surface area contributed by atoms with E-state index in [2.05, 4.69) is 26.6 Å². The number of nitrogens with one attached hydrogen (secondary N) is 2. The zero-order valence-electron chi connectivity index (χ0n) is 8.66. The van der Waals surface area contributed by atoms with E-state index in [1.54, 1.807) is 0 Å². The zero-order chi connectivity index (χ0) is 10.7. The third-order valence-corrected chi connectivity index (χ3v) is 4.15. The van der Waals surface area contributed by atoms with Crippen molar-refractivity contribution >= 4 is 45.6 Å². The topological polar surface area (TPSA) is 41.1 Å². The lowest BCUT2D eigenvalue weighted by atomic mass is 10.2. The van der Waals surface area contributed by atoms with Gasteiger partial charge in [0.25, 0.3) is 5.91 Å². The van der Waals surface area contributed by atoms with Crippen molar-refractivity contribution in [2.45, 2.75) is 18.9 Å². The number of carbonyl (C=O) groups excluding carboxylic acids is 1. The molecule has 1 saturated heterocycles. The monoisotopic (exact) mass is 324 g/mol. The van der Waals surface area contributed by atoms with Gasteiger partial charge < -0.3 is 10.6 Å². The molecule has 0 radical (unpaired) electrons. The van der Waals surface area contributed by atoms with E-state index in [4.69, 9.17) is 0 Å². The SMILES string of the molecule is Cl.O=C(NCC1CCCN1)c1cc(Br)cs1. The molecule has 90 valence electrons. The van der Waals surface area contributed by atoms with E-state index in [1.807, 2.05) is 11.4 Å². The third kappa shape index (κ3) is 3.73. The average molecular weight is 326 g/mol. The van der Waals surface area contributed by atoms with Gasteiger partial charge in [0.1, 0.15) is 0 Å². The average Bonchev–Trinajstić information content (AvgIpc) is 2.84. The Balaban J connectivity index is 0.00000128. The van der Waals surface area contributed by atoms with E-state index < -0.39 is 0 Å². The van der Waals surface area contributed by atoms with Crippen LogP contribution in [0.25, 0.3) is 0 Å². The minimum Gasteiger partial charge on any atom is -0.350 e. The van der Waals surface area contributed by atoms with Gasteiger partial charge in [-0.25, -0.2) is 0 Å². The van der Waals surface area contributed by atoms with Crippen LogP contribution in [0.4, 0.5) is 0 Å². The van der Waals surface area contributed by atoms with E-state index in [0.29, 0.717) is 6.04 Å². The maximum absolute atomic E-state index is 11.7. The second-order valence-corrected chi connectivity index (χ2v) is 5.46. The van der Waals surface area contributed by atoms with Crippen LogP contribution in [0.2, 0.25) is 0 Å². The highest BCUT2D eigenvalue weighted by molar-refractivity contribution is 9.10. The maximum atomic E-state index is 11.7. The molecule has 2 heterocycles. The fourth-order valence-corrected chi connectivity index (χ4v) is 3.01. The van der Waals surface area contributed by atoms with Crippen LogP contribution in [-0.2, 0) is 0 Å². The van der Waals surface area contributed by atoms with Crippen molar-refractivity contribution < 1.29 is 4.79 Å². The molecule has 1 unspecified atom stereocenters. The second-order valence-electron chi connectivity index (χ2n) is 3.63. The minimum absolute atomic E-state index is 0. The molecule has 1 aliphatic rings. The highest BCUT2D eigenvalue weighted by Gasteiger charge is 2.15. The normalized spacial score (nSPS) is 19.2. The quantitative estimate of drug-likeness (QED) is 0.896. The van der Waals surface area contributed by atoms with E-state index in [1.165, 1.54) is 17.8 Å². The summed E-state index contributed by atoms with van der Waals surface area (Å²) in [6, 6.07) is 2.31. The fraction of sp³-hybridized carbons (Fsp3) is 0.500. The number of rotatable bonds is 3. The van der Waals surface area contributed by atoms with Crippen molar-refractivity contribution in [3.8, 4) is 0 Å². The van der Waals surface area contributed by atoms with Crippen molar-refractivity contribution in [2.75, 3.05) is 13.1 Å². The summed E-state index contributed by atoms with van der Waals surface area (Å²) in [5.41, 5.74) is 0. The molecule has 0 aromatic carbocycles. The molecule has 1 aromatic rings. The van der Waals surface area contributed by atoms with Gasteiger partial charge in [-0.1, -0.05) is 0 Å². The Bertz CT molecular complexity index is 352. The van der Waals surface area contributed by atoms with Gasteiger partial charge in [0, 0.05) is 22.4 Å². The predicted molar refractivity (Wildman–Crippen MR) is 72.6 cm³/mol. The van der Waals surface area contributed by atoms with Gasteiger partial charge in [0.05, 0.1) is 4.88 Å². The lowest BCUT2D eigenvalue weighted by molar-refractivity contribution is 0.0954. The van der Waals surface area contributed by atoms with Crippen LogP contribution >= 0.6 is 39.7 Å². The summed E-state index contributed by atoms with van der Waals surface area (Å²) in [5, 5.41) is 8.21. The highest BCUT2D eigenvalue weighted by Crippen LogP contribution is 2.19. The molecule has 16 heavy (non-hydrogen) atoms. The first kappa shape index (κ1) is 14.0. The van der Waals surface area contributed by atoms with E-state index in [0.717, 1.165) is 28.9 Å². The first-order chi connectivity index (χ1) is 7.25. The van der Waals surface area contributed by atoms with Crippen LogP contribution in [-0.4, -0.2) is 25.0 Å². The molecular weight excluding hydrogens is 312 g/mol. The summed E-state index contributed by atoms with van der Waals surface area (Å²) in [6.07, 6.45) is 2.37. The number of amides is 1. The summed E-state index contributed by atoms with van der Waals surface area (Å²) < 4.78 is 0.969. The van der Waals surface area contributed by atoms with Gasteiger partial charge in [0.2, 0.25) is 0 Å². The molecule has 6 heteroatoms. The molecule has 1 atom stereocenters. The standard InChI is InChI=1S/C10H13BrN2OS.ClH/c11-7-4-9(15-6-7)10(14)13-5-8-2-1-3-12-8;/h4,6,8,12H,1-3,5H2,(H,13,14);1H. The first-order valence-electron chi connectivity index (χ1n) is 5.01. The van der Waals surface area contributed by atoms with Crippen molar-refractivity contribution in [1.29, 1.82) is 0 Å². The smallest absolute Gasteiger partial charge is 0.261 e. The third-order valence-electron chi connectivity index (χ3n) is 2.46. The highest BCUT2D eigenvalue weighted by atomic mass is 79.9. The van der Waals surface area contributed by atoms with E-state index in [-0.39, 0.29) is 18.3 Å². The Morgan fingerprint density at radius 2 is 2.50 bits per heavy atom. The van der Waals surface area contributed by atoms with Crippen molar-refractivity contribution in [3.05, 3.63) is 20.8 Å². The van der Waals surface area contributed by atoms with Crippen LogP contribution < -0.4 is 10.6 Å². The van der Waals surface area contributed by atoms with Gasteiger partial charge in [0.15, 0.2) is 0 Å². The van der Waals surface area contributed by atoms with Crippen molar-refractivity contribution in [3.63, 3.8) is 0 Å². The van der Waals surface area contributed by atoms with Crippen LogP contribution in [0.15, 0.2) is 15.9 Å². The van der Waals surface area contributed by atoms with Gasteiger partial charge in [-0.05, 0) is 41.4 Å². The van der Waals surface area contributed by atoms with Crippen LogP contribution in [0, 0.1) is 0 Å². The predicted octanol–water partition coefficient (Wildman–Crippen LogP) is 2.41. The van der Waals surface area contributed by atoms with Crippen molar-refractivity contribution in [1.82, 2.24) is 10.6 Å². The molecule has 0 saturated carbocycles. The Labute approximate surface area is 114 Å². The first-order valence-corrected chi connectivity index (χ1v) is 6.68. The molecule has 1 aliphatic heterocycles. The van der Waals surface area contributed by atoms with E-state index in [9.17, 15) is 4.79 Å². The summed E-state index contributed by atoms with van der Waals surface area (Å²) in [4.78, 5) is 12.4. The lowest BCUT2D eigenvalue weighted by Gasteiger charge is -2.10. The second kappa shape index (κ2) is 6.59. The Hall–Kier alpha value is -0.100. The van der Waals surface area contributed by atoms with Crippen LogP contribution in [0.3, 0.4) is 0 Å². The van der Waals surface area contributed by atoms with Crippen molar-refractivity contribution in [2.24, 2.45) is 0 Å². The number of thiophene rings is 1. The Morgan fingerprint density at radius 1 is 1.69 bits per heavy atom. The van der Waals surface area contributed by atoms with Gasteiger partial charge in [-0.3, -0.25) is 4.79 Å². The van der Waals surface area contributed by atoms with Crippen LogP contribution in [0.1, 0.15) is 22.5 Å². The summed E-state index contributed by atoms with van der Waals surface area (Å²) >= 11 is 4.80. The summed E-state index contributed by atoms with van der Waals surface area (Å²) in [6.45, 7) is 1.80. The molecule has 1 fully saturated rings. The largest absolute Gasteiger partial charge is 0.350 e. The molecule has 1 aromatic heterocycles. The Kier molecular flexibility index (Phi) is 5.75. The van der Waals surface area contributed by atoms with Gasteiger partial charge >= 0.3 is 0 Å². The number of carbonyl (C=O) groups is 1. The summed E-state index contributed by atoms with van der Waals surface area (Å²) in [5.74, 6) is 0.0272. The van der Waals surface area contributed by atoms with Crippen LogP contribution in [0.5, 0.6) is 0 Å². The number of hydrogen-bond donors (Lipinski definition) is 2. The minimum atomic E-state index is 0. The lowest BCUT2D eigenvalue weighted by Crippen LogP contribution is -2.36. The fourth-order valence-electron chi connectivity index (χ4n) is 1.67. The molecule has 2 N–H and O–H groups in total. The summed E-state index contributed by atoms with van der Waals surface area (Å²) in [7, 11) is 0. The molecule has 0 aliphatic carbocycles. The molecular formula is C10H14BrClN2OS. The number of halogens is 2. The van der Waals surface area contributed by atoms with E-state index >= 15 is 0 Å². The van der Waals surface area contributed by atoms with Gasteiger partial charge in [-0.2, -0.15) is 0 Å². The van der Waals surface area contributed by atoms with Gasteiger partial charge in [-0.15, -0.1) is 23.7 Å². The maximum Gasteiger partial charge on any atom is 0.261 e. The molecule has 1 amide bonds. The molecule has 0 spiro atoms. The zero-order valence-corrected chi connectivity index (χ0v) is 11.9. The number of hydrogen-bond acceptors (Lipinski definition) is 3. The molecule has 3 nitrogen and oxygen atoms in total.